The van der Waals surface area contributed by atoms with Crippen molar-refractivity contribution in [3.8, 4) is 0 Å². The number of rotatable bonds is 9. The second-order valence-corrected chi connectivity index (χ2v) is 8.23. The van der Waals surface area contributed by atoms with Crippen LogP contribution >= 0.6 is 11.8 Å². The molecule has 0 bridgehead atoms. The Hall–Kier alpha value is -2.31. The number of benzene rings is 2. The van der Waals surface area contributed by atoms with Crippen LogP contribution in [0.25, 0.3) is 0 Å². The van der Waals surface area contributed by atoms with E-state index >= 15 is 0 Å². The first-order valence-electron chi connectivity index (χ1n) is 9.60. The Balaban J connectivity index is 1.83. The Morgan fingerprint density at radius 3 is 2.21 bits per heavy atom. The number of hydrogen-bond acceptors (Lipinski definition) is 3. The Bertz CT molecular complexity index is 806. The normalized spacial score (nSPS) is 11.7. The number of anilines is 1. The van der Waals surface area contributed by atoms with Gasteiger partial charge in [0.1, 0.15) is 0 Å². The van der Waals surface area contributed by atoms with Crippen LogP contribution in [0.4, 0.5) is 5.69 Å². The van der Waals surface area contributed by atoms with Crippen molar-refractivity contribution in [3.05, 3.63) is 53.6 Å². The van der Waals surface area contributed by atoms with Crippen LogP contribution in [0.2, 0.25) is 0 Å². The van der Waals surface area contributed by atoms with Crippen molar-refractivity contribution in [2.24, 2.45) is 0 Å². The van der Waals surface area contributed by atoms with E-state index < -0.39 is 0 Å². The van der Waals surface area contributed by atoms with E-state index in [1.807, 2.05) is 38.2 Å². The molecule has 28 heavy (non-hydrogen) atoms. The highest BCUT2D eigenvalue weighted by Crippen LogP contribution is 2.29. The molecule has 1 unspecified atom stereocenters. The Morgan fingerprint density at radius 1 is 0.929 bits per heavy atom. The van der Waals surface area contributed by atoms with E-state index in [0.29, 0.717) is 13.1 Å². The average molecular weight is 401 g/mol. The molecule has 0 radical (unpaired) electrons. The number of hydrogen-bond donors (Lipinski definition) is 3. The van der Waals surface area contributed by atoms with Crippen molar-refractivity contribution in [1.82, 2.24) is 5.32 Å². The number of quaternary nitrogens is 1. The molecular formula is C22H30N3O2S+. The minimum Gasteiger partial charge on any atom is -0.351 e. The van der Waals surface area contributed by atoms with Crippen molar-refractivity contribution in [3.63, 3.8) is 0 Å². The molecule has 5 nitrogen and oxygen atoms in total. The SMILES string of the molecule is CCCNC(=O)C[NH+](C)CC(=O)Nc1ccc(Sc2ccc(C)c(C)c2)cc1. The molecule has 0 aliphatic carbocycles. The van der Waals surface area contributed by atoms with Crippen LogP contribution in [0.5, 0.6) is 0 Å². The second kappa shape index (κ2) is 10.9. The first-order chi connectivity index (χ1) is 13.4. The Morgan fingerprint density at radius 2 is 1.57 bits per heavy atom. The van der Waals surface area contributed by atoms with Gasteiger partial charge in [0.15, 0.2) is 13.1 Å². The summed E-state index contributed by atoms with van der Waals surface area (Å²) in [6, 6.07) is 14.3. The van der Waals surface area contributed by atoms with E-state index in [-0.39, 0.29) is 18.4 Å². The molecule has 1 atom stereocenters. The third kappa shape index (κ3) is 7.37. The van der Waals surface area contributed by atoms with Crippen LogP contribution in [-0.4, -0.2) is 38.5 Å². The third-order valence-corrected chi connectivity index (χ3v) is 5.35. The molecule has 6 heteroatoms. The summed E-state index contributed by atoms with van der Waals surface area (Å²) in [5.41, 5.74) is 3.33. The maximum atomic E-state index is 12.2. The molecule has 0 spiro atoms. The van der Waals surface area contributed by atoms with Gasteiger partial charge in [0.2, 0.25) is 0 Å². The average Bonchev–Trinajstić information content (AvgIpc) is 2.64. The highest BCUT2D eigenvalue weighted by molar-refractivity contribution is 7.99. The number of aryl methyl sites for hydroxylation is 2. The summed E-state index contributed by atoms with van der Waals surface area (Å²) < 4.78 is 0. The van der Waals surface area contributed by atoms with Gasteiger partial charge in [0.05, 0.1) is 7.05 Å². The monoisotopic (exact) mass is 400 g/mol. The molecule has 150 valence electrons. The molecule has 0 heterocycles. The summed E-state index contributed by atoms with van der Waals surface area (Å²) in [6.45, 7) is 7.45. The van der Waals surface area contributed by atoms with E-state index in [1.54, 1.807) is 11.8 Å². The quantitative estimate of drug-likeness (QED) is 0.606. The molecule has 0 aromatic heterocycles. The lowest BCUT2D eigenvalue weighted by Crippen LogP contribution is -3.11. The predicted molar refractivity (Wildman–Crippen MR) is 115 cm³/mol. The van der Waals surface area contributed by atoms with E-state index in [9.17, 15) is 9.59 Å². The van der Waals surface area contributed by atoms with Crippen LogP contribution in [0.3, 0.4) is 0 Å². The van der Waals surface area contributed by atoms with Gasteiger partial charge in [-0.05, 0) is 67.8 Å². The summed E-state index contributed by atoms with van der Waals surface area (Å²) in [7, 11) is 1.84. The van der Waals surface area contributed by atoms with Gasteiger partial charge >= 0.3 is 0 Å². The van der Waals surface area contributed by atoms with Crippen molar-refractivity contribution in [2.75, 3.05) is 32.0 Å². The summed E-state index contributed by atoms with van der Waals surface area (Å²) in [6.07, 6.45) is 0.906. The van der Waals surface area contributed by atoms with Crippen molar-refractivity contribution in [1.29, 1.82) is 0 Å². The van der Waals surface area contributed by atoms with Gasteiger partial charge in [0, 0.05) is 22.0 Å². The highest BCUT2D eigenvalue weighted by Gasteiger charge is 2.14. The van der Waals surface area contributed by atoms with Crippen molar-refractivity contribution < 1.29 is 14.5 Å². The fraction of sp³-hybridized carbons (Fsp3) is 0.364. The summed E-state index contributed by atoms with van der Waals surface area (Å²) in [5, 5.41) is 5.72. The predicted octanol–water partition coefficient (Wildman–Crippen LogP) is 2.43. The first kappa shape index (κ1) is 22.0. The summed E-state index contributed by atoms with van der Waals surface area (Å²) >= 11 is 1.70. The van der Waals surface area contributed by atoms with Gasteiger partial charge < -0.3 is 15.5 Å². The molecule has 2 aromatic rings. The van der Waals surface area contributed by atoms with Gasteiger partial charge in [-0.15, -0.1) is 0 Å². The fourth-order valence-corrected chi connectivity index (χ4v) is 3.58. The van der Waals surface area contributed by atoms with Crippen molar-refractivity contribution >= 4 is 29.3 Å². The maximum absolute atomic E-state index is 12.2. The zero-order chi connectivity index (χ0) is 20.5. The molecule has 0 fully saturated rings. The van der Waals surface area contributed by atoms with E-state index in [4.69, 9.17) is 0 Å². The molecule has 3 N–H and O–H groups in total. The van der Waals surface area contributed by atoms with E-state index in [1.165, 1.54) is 16.0 Å². The van der Waals surface area contributed by atoms with Crippen molar-refractivity contribution in [2.45, 2.75) is 37.0 Å². The van der Waals surface area contributed by atoms with Crippen LogP contribution in [0.15, 0.2) is 52.3 Å². The minimum atomic E-state index is -0.102. The zero-order valence-electron chi connectivity index (χ0n) is 17.1. The smallest absolute Gasteiger partial charge is 0.279 e. The highest BCUT2D eigenvalue weighted by atomic mass is 32.2. The van der Waals surface area contributed by atoms with Crippen LogP contribution in [0.1, 0.15) is 24.5 Å². The van der Waals surface area contributed by atoms with Crippen LogP contribution in [-0.2, 0) is 9.59 Å². The Labute approximate surface area is 171 Å². The zero-order valence-corrected chi connectivity index (χ0v) is 17.9. The lowest BCUT2D eigenvalue weighted by atomic mass is 10.1. The summed E-state index contributed by atoms with van der Waals surface area (Å²) in [4.78, 5) is 27.1. The van der Waals surface area contributed by atoms with Gasteiger partial charge in [-0.1, -0.05) is 24.8 Å². The van der Waals surface area contributed by atoms with Crippen LogP contribution < -0.4 is 15.5 Å². The number of carbonyl (C=O) groups is 2. The molecule has 2 aromatic carbocycles. The first-order valence-corrected chi connectivity index (χ1v) is 10.4. The third-order valence-electron chi connectivity index (χ3n) is 4.35. The molecule has 2 rings (SSSR count). The minimum absolute atomic E-state index is 0.0279. The number of carbonyl (C=O) groups excluding carboxylic acids is 2. The number of amides is 2. The van der Waals surface area contributed by atoms with Gasteiger partial charge in [-0.25, -0.2) is 0 Å². The lowest BCUT2D eigenvalue weighted by Gasteiger charge is -2.13. The number of likely N-dealkylation sites (N-methyl/N-ethyl adjacent to an activating group) is 1. The number of nitrogens with one attached hydrogen (secondary N) is 3. The topological polar surface area (TPSA) is 62.6 Å². The molecule has 2 amide bonds. The molecular weight excluding hydrogens is 370 g/mol. The van der Waals surface area contributed by atoms with Gasteiger partial charge in [-0.3, -0.25) is 9.59 Å². The summed E-state index contributed by atoms with van der Waals surface area (Å²) in [5.74, 6) is -0.129. The van der Waals surface area contributed by atoms with Gasteiger partial charge in [0.25, 0.3) is 11.8 Å². The lowest BCUT2D eigenvalue weighted by molar-refractivity contribution is -0.862. The molecule has 0 saturated heterocycles. The standard InChI is InChI=1S/C22H29N3O2S/c1-5-12-23-21(26)14-25(4)15-22(27)24-18-7-10-19(11-8-18)28-20-9-6-16(2)17(3)13-20/h6-11,13H,5,12,14-15H2,1-4H3,(H,23,26)(H,24,27)/p+1. The van der Waals surface area contributed by atoms with Gasteiger partial charge in [-0.2, -0.15) is 0 Å². The van der Waals surface area contributed by atoms with Crippen LogP contribution in [0, 0.1) is 13.8 Å². The molecule has 0 aliphatic heterocycles. The molecule has 0 aliphatic rings. The fourth-order valence-electron chi connectivity index (χ4n) is 2.66. The van der Waals surface area contributed by atoms with E-state index in [2.05, 4.69) is 42.7 Å². The van der Waals surface area contributed by atoms with E-state index in [0.717, 1.165) is 21.9 Å². The molecule has 0 saturated carbocycles. The largest absolute Gasteiger partial charge is 0.351 e. The Kier molecular flexibility index (Phi) is 8.54. The second-order valence-electron chi connectivity index (χ2n) is 7.08. The maximum Gasteiger partial charge on any atom is 0.279 e.